The summed E-state index contributed by atoms with van der Waals surface area (Å²) >= 11 is 0. The minimum Gasteiger partial charge on any atom is -0.480 e. The van der Waals surface area contributed by atoms with Gasteiger partial charge in [0.15, 0.2) is 5.82 Å². The van der Waals surface area contributed by atoms with Crippen LogP contribution in [0.15, 0.2) is 17.2 Å². The molecule has 0 bridgehead atoms. The van der Waals surface area contributed by atoms with E-state index in [4.69, 9.17) is 5.11 Å². The Balaban J connectivity index is 2.20. The summed E-state index contributed by atoms with van der Waals surface area (Å²) in [4.78, 5) is 25.8. The molecule has 0 spiro atoms. The van der Waals surface area contributed by atoms with Crippen LogP contribution in [0.3, 0.4) is 0 Å². The van der Waals surface area contributed by atoms with Crippen LogP contribution in [-0.2, 0) is 4.79 Å². The lowest BCUT2D eigenvalue weighted by atomic mass is 10.5. The Morgan fingerprint density at radius 3 is 3.00 bits per heavy atom. The van der Waals surface area contributed by atoms with Gasteiger partial charge in [-0.25, -0.2) is 4.98 Å². The number of anilines is 1. The second-order valence-electron chi connectivity index (χ2n) is 3.47. The van der Waals surface area contributed by atoms with Crippen molar-refractivity contribution in [1.29, 1.82) is 0 Å². The normalized spacial score (nSPS) is 14.9. The summed E-state index contributed by atoms with van der Waals surface area (Å²) in [5.74, 6) is -0.912. The average Bonchev–Trinajstić information content (AvgIpc) is 2.99. The van der Waals surface area contributed by atoms with Gasteiger partial charge in [-0.1, -0.05) is 0 Å². The van der Waals surface area contributed by atoms with E-state index in [1.807, 2.05) is 0 Å². The molecule has 1 aliphatic rings. The second kappa shape index (κ2) is 3.72. The first-order chi connectivity index (χ1) is 7.18. The van der Waals surface area contributed by atoms with Crippen LogP contribution in [-0.4, -0.2) is 27.2 Å². The fraction of sp³-hybridized carbons (Fsp3) is 0.444. The molecule has 80 valence electrons. The number of hydrogen-bond donors (Lipinski definition) is 2. The minimum absolute atomic E-state index is 0.104. The Labute approximate surface area is 85.6 Å². The molecule has 0 amide bonds. The monoisotopic (exact) mass is 209 g/mol. The summed E-state index contributed by atoms with van der Waals surface area (Å²) in [7, 11) is 0. The number of aliphatic carboxylic acids is 1. The molecule has 1 heterocycles. The van der Waals surface area contributed by atoms with Crippen LogP contribution in [0, 0.1) is 0 Å². The Kier molecular flexibility index (Phi) is 2.40. The molecule has 1 saturated carbocycles. The lowest BCUT2D eigenvalue weighted by Crippen LogP contribution is -2.25. The molecule has 1 aliphatic carbocycles. The summed E-state index contributed by atoms with van der Waals surface area (Å²) in [6.45, 7) is -0.295. The van der Waals surface area contributed by atoms with Crippen molar-refractivity contribution < 1.29 is 9.90 Å². The van der Waals surface area contributed by atoms with E-state index in [1.165, 1.54) is 6.20 Å². The molecule has 0 radical (unpaired) electrons. The molecule has 0 saturated heterocycles. The first-order valence-electron chi connectivity index (χ1n) is 4.71. The smallest absolute Gasteiger partial charge is 0.322 e. The Morgan fingerprint density at radius 2 is 2.40 bits per heavy atom. The van der Waals surface area contributed by atoms with Crippen LogP contribution in [0.4, 0.5) is 5.82 Å². The number of rotatable bonds is 4. The van der Waals surface area contributed by atoms with Gasteiger partial charge in [-0.3, -0.25) is 9.59 Å². The van der Waals surface area contributed by atoms with Crippen molar-refractivity contribution in [3.8, 4) is 0 Å². The van der Waals surface area contributed by atoms with Gasteiger partial charge in [0, 0.05) is 18.4 Å². The standard InChI is InChI=1S/C9H11N3O3/c13-7(14)5-11-8-9(15)12(4-3-10-8)6-1-2-6/h3-4,6H,1-2,5H2,(H,10,11)(H,13,14). The number of carbonyl (C=O) groups is 1. The fourth-order valence-corrected chi connectivity index (χ4v) is 1.35. The van der Waals surface area contributed by atoms with E-state index in [0.717, 1.165) is 12.8 Å². The number of nitrogens with one attached hydrogen (secondary N) is 1. The van der Waals surface area contributed by atoms with Crippen LogP contribution < -0.4 is 10.9 Å². The third kappa shape index (κ3) is 2.15. The molecule has 1 aromatic rings. The third-order valence-corrected chi connectivity index (χ3v) is 2.22. The number of carboxylic acid groups (broad SMARTS) is 1. The molecule has 6 nitrogen and oxygen atoms in total. The third-order valence-electron chi connectivity index (χ3n) is 2.22. The van der Waals surface area contributed by atoms with Crippen LogP contribution in [0.2, 0.25) is 0 Å². The molecule has 15 heavy (non-hydrogen) atoms. The Morgan fingerprint density at radius 1 is 1.67 bits per heavy atom. The highest BCUT2D eigenvalue weighted by Gasteiger charge is 2.25. The summed E-state index contributed by atoms with van der Waals surface area (Å²) in [6.07, 6.45) is 5.14. The first-order valence-corrected chi connectivity index (χ1v) is 4.71. The molecule has 2 rings (SSSR count). The average molecular weight is 209 g/mol. The molecule has 0 aliphatic heterocycles. The molecule has 0 aromatic carbocycles. The molecular formula is C9H11N3O3. The van der Waals surface area contributed by atoms with Gasteiger partial charge in [-0.2, -0.15) is 0 Å². The predicted molar refractivity (Wildman–Crippen MR) is 52.9 cm³/mol. The van der Waals surface area contributed by atoms with Gasteiger partial charge >= 0.3 is 5.97 Å². The van der Waals surface area contributed by atoms with Crippen LogP contribution in [0.25, 0.3) is 0 Å². The number of nitrogens with zero attached hydrogens (tertiary/aromatic N) is 2. The molecule has 6 heteroatoms. The molecule has 0 atom stereocenters. The van der Waals surface area contributed by atoms with Crippen molar-refractivity contribution in [2.24, 2.45) is 0 Å². The number of hydrogen-bond acceptors (Lipinski definition) is 4. The quantitative estimate of drug-likeness (QED) is 0.733. The maximum atomic E-state index is 11.7. The Hall–Kier alpha value is -1.85. The van der Waals surface area contributed by atoms with Crippen LogP contribution in [0.1, 0.15) is 18.9 Å². The van der Waals surface area contributed by atoms with E-state index in [2.05, 4.69) is 10.3 Å². The molecule has 0 unspecified atom stereocenters. The zero-order valence-electron chi connectivity index (χ0n) is 8.01. The highest BCUT2D eigenvalue weighted by molar-refractivity contribution is 5.72. The summed E-state index contributed by atoms with van der Waals surface area (Å²) in [5, 5.41) is 10.9. The number of carboxylic acids is 1. The largest absolute Gasteiger partial charge is 0.480 e. The van der Waals surface area contributed by atoms with Crippen LogP contribution in [0.5, 0.6) is 0 Å². The van der Waals surface area contributed by atoms with Gasteiger partial charge < -0.3 is 15.0 Å². The van der Waals surface area contributed by atoms with E-state index in [0.29, 0.717) is 0 Å². The van der Waals surface area contributed by atoms with Crippen molar-refractivity contribution in [1.82, 2.24) is 9.55 Å². The van der Waals surface area contributed by atoms with Crippen molar-refractivity contribution in [2.45, 2.75) is 18.9 Å². The second-order valence-corrected chi connectivity index (χ2v) is 3.47. The summed E-state index contributed by atoms with van der Waals surface area (Å²) < 4.78 is 1.59. The summed E-state index contributed by atoms with van der Waals surface area (Å²) in [5.41, 5.74) is -0.249. The van der Waals surface area contributed by atoms with Crippen molar-refractivity contribution >= 4 is 11.8 Å². The van der Waals surface area contributed by atoms with Gasteiger partial charge in [0.25, 0.3) is 5.56 Å². The van der Waals surface area contributed by atoms with Gasteiger partial charge in [0.1, 0.15) is 6.54 Å². The maximum absolute atomic E-state index is 11.7. The van der Waals surface area contributed by atoms with E-state index >= 15 is 0 Å². The maximum Gasteiger partial charge on any atom is 0.322 e. The van der Waals surface area contributed by atoms with Gasteiger partial charge in [0.2, 0.25) is 0 Å². The van der Waals surface area contributed by atoms with E-state index in [9.17, 15) is 9.59 Å². The lowest BCUT2D eigenvalue weighted by Gasteiger charge is -2.05. The fourth-order valence-electron chi connectivity index (χ4n) is 1.35. The van der Waals surface area contributed by atoms with Crippen molar-refractivity contribution in [3.63, 3.8) is 0 Å². The molecule has 1 aromatic heterocycles. The van der Waals surface area contributed by atoms with Crippen molar-refractivity contribution in [2.75, 3.05) is 11.9 Å². The highest BCUT2D eigenvalue weighted by atomic mass is 16.4. The van der Waals surface area contributed by atoms with Gasteiger partial charge in [-0.15, -0.1) is 0 Å². The number of aromatic nitrogens is 2. The predicted octanol–water partition coefficient (Wildman–Crippen LogP) is 0.0747. The zero-order valence-corrected chi connectivity index (χ0v) is 8.01. The highest BCUT2D eigenvalue weighted by Crippen LogP contribution is 2.33. The SMILES string of the molecule is O=C(O)CNc1nccn(C2CC2)c1=O. The van der Waals surface area contributed by atoms with Gasteiger partial charge in [0.05, 0.1) is 0 Å². The topological polar surface area (TPSA) is 84.2 Å². The molecular weight excluding hydrogens is 198 g/mol. The Bertz CT molecular complexity index is 436. The van der Waals surface area contributed by atoms with E-state index < -0.39 is 5.97 Å². The first kappa shape index (κ1) is 9.70. The molecule has 2 N–H and O–H groups in total. The van der Waals surface area contributed by atoms with E-state index in [1.54, 1.807) is 10.8 Å². The molecule has 1 fully saturated rings. The minimum atomic E-state index is -1.02. The van der Waals surface area contributed by atoms with Crippen LogP contribution >= 0.6 is 0 Å². The summed E-state index contributed by atoms with van der Waals surface area (Å²) in [6, 6.07) is 0.269. The lowest BCUT2D eigenvalue weighted by molar-refractivity contribution is -0.134. The van der Waals surface area contributed by atoms with Gasteiger partial charge in [-0.05, 0) is 12.8 Å². The zero-order chi connectivity index (χ0) is 10.8. The van der Waals surface area contributed by atoms with Crippen molar-refractivity contribution in [3.05, 3.63) is 22.7 Å². The van der Waals surface area contributed by atoms with E-state index in [-0.39, 0.29) is 24.0 Å².